The van der Waals surface area contributed by atoms with Crippen molar-refractivity contribution in [1.29, 1.82) is 0 Å². The Morgan fingerprint density at radius 3 is 2.10 bits per heavy atom. The summed E-state index contributed by atoms with van der Waals surface area (Å²) in [5.74, 6) is -1.72. The Morgan fingerprint density at radius 2 is 1.52 bits per heavy atom. The number of rotatable bonds is 9. The van der Waals surface area contributed by atoms with E-state index in [9.17, 15) is 14.4 Å². The first-order valence-electron chi connectivity index (χ1n) is 10.4. The van der Waals surface area contributed by atoms with E-state index < -0.39 is 23.5 Å². The zero-order chi connectivity index (χ0) is 22.9. The van der Waals surface area contributed by atoms with Gasteiger partial charge in [0.05, 0.1) is 25.9 Å². The Bertz CT molecular complexity index is 869. The van der Waals surface area contributed by atoms with E-state index >= 15 is 0 Å². The lowest BCUT2D eigenvalue weighted by Crippen LogP contribution is -2.36. The second-order valence-electron chi connectivity index (χ2n) is 8.37. The van der Waals surface area contributed by atoms with Crippen molar-refractivity contribution in [3.05, 3.63) is 60.2 Å². The predicted molar refractivity (Wildman–Crippen MR) is 119 cm³/mol. The first-order chi connectivity index (χ1) is 14.7. The number of benzene rings is 2. The molecular formula is C25H31NO5. The molecule has 6 heteroatoms. The van der Waals surface area contributed by atoms with Crippen LogP contribution in [-0.2, 0) is 30.3 Å². The summed E-state index contributed by atoms with van der Waals surface area (Å²) in [5, 5.41) is 2.73. The summed E-state index contributed by atoms with van der Waals surface area (Å²) >= 11 is 0. The summed E-state index contributed by atoms with van der Waals surface area (Å²) < 4.78 is 9.99. The topological polar surface area (TPSA) is 81.7 Å². The number of hydrogen-bond donors (Lipinski definition) is 1. The van der Waals surface area contributed by atoms with Crippen LogP contribution in [0.4, 0.5) is 0 Å². The number of carbonyl (C=O) groups is 3. The molecule has 1 unspecified atom stereocenters. The van der Waals surface area contributed by atoms with Crippen molar-refractivity contribution in [3.8, 4) is 11.1 Å². The Balaban J connectivity index is 2.08. The van der Waals surface area contributed by atoms with Gasteiger partial charge in [-0.25, -0.2) is 0 Å². The molecule has 31 heavy (non-hydrogen) atoms. The minimum Gasteiger partial charge on any atom is -0.469 e. The maximum Gasteiger partial charge on any atom is 0.307 e. The molecule has 0 heterocycles. The fraction of sp³-hybridized carbons (Fsp3) is 0.400. The monoisotopic (exact) mass is 425 g/mol. The summed E-state index contributed by atoms with van der Waals surface area (Å²) in [6.07, 6.45) is 0.424. The van der Waals surface area contributed by atoms with Crippen molar-refractivity contribution in [1.82, 2.24) is 5.32 Å². The standard InChI is InChI=1S/C25H31NO5/c1-25(2,3)31-23(28)17-21(24(29)26-15-14-22(27)30-4)16-18-10-12-20(13-11-18)19-8-6-5-7-9-19/h5-13,21H,14-17H2,1-4H3,(H,26,29). The maximum absolute atomic E-state index is 12.7. The summed E-state index contributed by atoms with van der Waals surface area (Å²) in [5.41, 5.74) is 2.51. The summed E-state index contributed by atoms with van der Waals surface area (Å²) in [4.78, 5) is 36.4. The van der Waals surface area contributed by atoms with Gasteiger partial charge in [0.1, 0.15) is 5.60 Å². The third kappa shape index (κ3) is 8.62. The van der Waals surface area contributed by atoms with Crippen LogP contribution in [0.5, 0.6) is 0 Å². The molecule has 2 aromatic rings. The van der Waals surface area contributed by atoms with Gasteiger partial charge in [-0.3, -0.25) is 14.4 Å². The normalized spacial score (nSPS) is 12.0. The average Bonchev–Trinajstić information content (AvgIpc) is 2.72. The van der Waals surface area contributed by atoms with E-state index in [4.69, 9.17) is 4.74 Å². The quantitative estimate of drug-likeness (QED) is 0.616. The molecule has 0 aromatic heterocycles. The smallest absolute Gasteiger partial charge is 0.307 e. The molecule has 1 N–H and O–H groups in total. The highest BCUT2D eigenvalue weighted by Crippen LogP contribution is 2.22. The van der Waals surface area contributed by atoms with Crippen LogP contribution in [-0.4, -0.2) is 37.1 Å². The Kier molecular flexibility index (Phi) is 8.79. The number of carbonyl (C=O) groups excluding carboxylic acids is 3. The lowest BCUT2D eigenvalue weighted by atomic mass is 9.93. The molecule has 166 valence electrons. The highest BCUT2D eigenvalue weighted by atomic mass is 16.6. The molecule has 0 saturated heterocycles. The van der Waals surface area contributed by atoms with Gasteiger partial charge in [0.25, 0.3) is 0 Å². The fourth-order valence-corrected chi connectivity index (χ4v) is 3.12. The predicted octanol–water partition coefficient (Wildman–Crippen LogP) is 3.92. The minimum absolute atomic E-state index is 0.0399. The summed E-state index contributed by atoms with van der Waals surface area (Å²) in [7, 11) is 1.30. The SMILES string of the molecule is COC(=O)CCNC(=O)C(CC(=O)OC(C)(C)C)Cc1ccc(-c2ccccc2)cc1. The zero-order valence-corrected chi connectivity index (χ0v) is 18.6. The Hall–Kier alpha value is -3.15. The number of methoxy groups -OCH3 is 1. The summed E-state index contributed by atoms with van der Waals surface area (Å²) in [6.45, 7) is 5.53. The molecular weight excluding hydrogens is 394 g/mol. The van der Waals surface area contributed by atoms with Gasteiger partial charge in [0.2, 0.25) is 5.91 Å². The van der Waals surface area contributed by atoms with Gasteiger partial charge in [-0.1, -0.05) is 54.6 Å². The highest BCUT2D eigenvalue weighted by Gasteiger charge is 2.26. The van der Waals surface area contributed by atoms with E-state index in [1.54, 1.807) is 20.8 Å². The minimum atomic E-state index is -0.625. The molecule has 0 radical (unpaired) electrons. The largest absolute Gasteiger partial charge is 0.469 e. The molecule has 0 fully saturated rings. The molecule has 0 saturated carbocycles. The third-order valence-corrected chi connectivity index (χ3v) is 4.60. The van der Waals surface area contributed by atoms with Crippen LogP contribution in [0.15, 0.2) is 54.6 Å². The third-order valence-electron chi connectivity index (χ3n) is 4.60. The van der Waals surface area contributed by atoms with Gasteiger partial charge in [-0.2, -0.15) is 0 Å². The van der Waals surface area contributed by atoms with E-state index in [0.717, 1.165) is 16.7 Å². The highest BCUT2D eigenvalue weighted by molar-refractivity contribution is 5.84. The Labute approximate surface area is 183 Å². The van der Waals surface area contributed by atoms with E-state index in [1.807, 2.05) is 54.6 Å². The molecule has 6 nitrogen and oxygen atoms in total. The first kappa shape index (κ1) is 24.1. The van der Waals surface area contributed by atoms with Crippen molar-refractivity contribution in [3.63, 3.8) is 0 Å². The molecule has 0 aliphatic heterocycles. The van der Waals surface area contributed by atoms with Crippen LogP contribution < -0.4 is 5.32 Å². The molecule has 0 aliphatic carbocycles. The van der Waals surface area contributed by atoms with E-state index in [2.05, 4.69) is 10.1 Å². The fourth-order valence-electron chi connectivity index (χ4n) is 3.12. The number of amides is 1. The molecule has 0 spiro atoms. The second kappa shape index (κ2) is 11.3. The second-order valence-corrected chi connectivity index (χ2v) is 8.37. The van der Waals surface area contributed by atoms with E-state index in [1.165, 1.54) is 7.11 Å². The van der Waals surface area contributed by atoms with Crippen LogP contribution >= 0.6 is 0 Å². The lowest BCUT2D eigenvalue weighted by Gasteiger charge is -2.22. The van der Waals surface area contributed by atoms with E-state index in [0.29, 0.717) is 6.42 Å². The van der Waals surface area contributed by atoms with Crippen LogP contribution in [0.25, 0.3) is 11.1 Å². The first-order valence-corrected chi connectivity index (χ1v) is 10.4. The van der Waals surface area contributed by atoms with Gasteiger partial charge in [0.15, 0.2) is 0 Å². The number of esters is 2. The van der Waals surface area contributed by atoms with Gasteiger partial charge < -0.3 is 14.8 Å². The van der Waals surface area contributed by atoms with Crippen molar-refractivity contribution in [2.75, 3.05) is 13.7 Å². The van der Waals surface area contributed by atoms with Crippen molar-refractivity contribution in [2.24, 2.45) is 5.92 Å². The number of nitrogens with one attached hydrogen (secondary N) is 1. The molecule has 0 bridgehead atoms. The van der Waals surface area contributed by atoms with Crippen molar-refractivity contribution < 1.29 is 23.9 Å². The zero-order valence-electron chi connectivity index (χ0n) is 18.6. The van der Waals surface area contributed by atoms with Crippen LogP contribution in [0, 0.1) is 5.92 Å². The molecule has 2 aromatic carbocycles. The summed E-state index contributed by atoms with van der Waals surface area (Å²) in [6, 6.07) is 18.0. The maximum atomic E-state index is 12.7. The number of hydrogen-bond acceptors (Lipinski definition) is 5. The lowest BCUT2D eigenvalue weighted by molar-refractivity contribution is -0.157. The molecule has 0 aliphatic rings. The number of ether oxygens (including phenoxy) is 2. The van der Waals surface area contributed by atoms with Gasteiger partial charge in [-0.15, -0.1) is 0 Å². The Morgan fingerprint density at radius 1 is 0.903 bits per heavy atom. The molecule has 2 rings (SSSR count). The van der Waals surface area contributed by atoms with Crippen LogP contribution in [0.2, 0.25) is 0 Å². The van der Waals surface area contributed by atoms with Gasteiger partial charge in [0, 0.05) is 6.54 Å². The van der Waals surface area contributed by atoms with E-state index in [-0.39, 0.29) is 25.3 Å². The van der Waals surface area contributed by atoms with Crippen LogP contribution in [0.1, 0.15) is 39.2 Å². The van der Waals surface area contributed by atoms with Crippen molar-refractivity contribution in [2.45, 2.75) is 45.6 Å². The average molecular weight is 426 g/mol. The van der Waals surface area contributed by atoms with Crippen molar-refractivity contribution >= 4 is 17.8 Å². The van der Waals surface area contributed by atoms with Crippen LogP contribution in [0.3, 0.4) is 0 Å². The van der Waals surface area contributed by atoms with Gasteiger partial charge >= 0.3 is 11.9 Å². The molecule has 1 atom stereocenters. The van der Waals surface area contributed by atoms with Gasteiger partial charge in [-0.05, 0) is 43.9 Å². The molecule has 1 amide bonds.